The molecule has 118 valence electrons. The summed E-state index contributed by atoms with van der Waals surface area (Å²) >= 11 is 0. The molecule has 6 heteroatoms. The molecule has 3 heterocycles. The summed E-state index contributed by atoms with van der Waals surface area (Å²) in [5.41, 5.74) is 2.63. The first-order valence-electron chi connectivity index (χ1n) is 7.72. The summed E-state index contributed by atoms with van der Waals surface area (Å²) in [5, 5.41) is 23.9. The molecule has 2 aromatic heterocycles. The maximum absolute atomic E-state index is 9.97. The fourth-order valence-electron chi connectivity index (χ4n) is 3.20. The van der Waals surface area contributed by atoms with Crippen LogP contribution in [0.1, 0.15) is 6.42 Å². The molecule has 1 aromatic carbocycles. The summed E-state index contributed by atoms with van der Waals surface area (Å²) in [5.74, 6) is 0.842. The Morgan fingerprint density at radius 1 is 1.17 bits per heavy atom. The lowest BCUT2D eigenvalue weighted by atomic mass is 10.1. The van der Waals surface area contributed by atoms with Gasteiger partial charge in [0.1, 0.15) is 5.82 Å². The molecule has 2 unspecified atom stereocenters. The monoisotopic (exact) mass is 310 g/mol. The zero-order chi connectivity index (χ0) is 15.8. The third-order valence-corrected chi connectivity index (χ3v) is 4.31. The molecule has 1 saturated heterocycles. The Morgan fingerprint density at radius 2 is 2.00 bits per heavy atom. The highest BCUT2D eigenvalue weighted by atomic mass is 16.3. The normalized spacial score (nSPS) is 21.2. The SMILES string of the molecule is OCC1CC(O)CN1c1cc(-c2ccccc2)nc2ccnn12. The summed E-state index contributed by atoms with van der Waals surface area (Å²) < 4.78 is 1.76. The van der Waals surface area contributed by atoms with Crippen LogP contribution in [0.5, 0.6) is 0 Å². The van der Waals surface area contributed by atoms with Crippen LogP contribution >= 0.6 is 0 Å². The van der Waals surface area contributed by atoms with Crippen molar-refractivity contribution < 1.29 is 10.2 Å². The molecule has 0 aliphatic carbocycles. The molecule has 2 atom stereocenters. The summed E-state index contributed by atoms with van der Waals surface area (Å²) in [7, 11) is 0. The highest BCUT2D eigenvalue weighted by molar-refractivity contribution is 5.67. The van der Waals surface area contributed by atoms with Crippen LogP contribution in [-0.4, -0.2) is 50.1 Å². The summed E-state index contributed by atoms with van der Waals surface area (Å²) in [6.45, 7) is 0.487. The molecular weight excluding hydrogens is 292 g/mol. The molecule has 3 aromatic rings. The van der Waals surface area contributed by atoms with Gasteiger partial charge in [0.2, 0.25) is 0 Å². The maximum atomic E-state index is 9.97. The Bertz CT molecular complexity index is 818. The van der Waals surface area contributed by atoms with Crippen LogP contribution in [-0.2, 0) is 0 Å². The van der Waals surface area contributed by atoms with E-state index >= 15 is 0 Å². The maximum Gasteiger partial charge on any atom is 0.157 e. The van der Waals surface area contributed by atoms with Crippen molar-refractivity contribution in [1.29, 1.82) is 0 Å². The van der Waals surface area contributed by atoms with Gasteiger partial charge in [0.15, 0.2) is 5.65 Å². The fourth-order valence-corrected chi connectivity index (χ4v) is 3.20. The van der Waals surface area contributed by atoms with Crippen LogP contribution in [0.3, 0.4) is 0 Å². The Labute approximate surface area is 133 Å². The molecule has 2 N–H and O–H groups in total. The Balaban J connectivity index is 1.87. The second kappa shape index (κ2) is 5.64. The Kier molecular flexibility index (Phi) is 3.48. The molecule has 0 amide bonds. The molecule has 0 saturated carbocycles. The number of fused-ring (bicyclic) bond motifs is 1. The number of hydrogen-bond acceptors (Lipinski definition) is 5. The molecule has 4 rings (SSSR count). The van der Waals surface area contributed by atoms with Gasteiger partial charge in [-0.2, -0.15) is 9.61 Å². The smallest absolute Gasteiger partial charge is 0.157 e. The van der Waals surface area contributed by atoms with Crippen LogP contribution < -0.4 is 4.90 Å². The number of nitrogens with zero attached hydrogens (tertiary/aromatic N) is 4. The van der Waals surface area contributed by atoms with Crippen LogP contribution in [0.4, 0.5) is 5.82 Å². The zero-order valence-corrected chi connectivity index (χ0v) is 12.6. The highest BCUT2D eigenvalue weighted by Gasteiger charge is 2.32. The van der Waals surface area contributed by atoms with Crippen LogP contribution in [0.2, 0.25) is 0 Å². The molecule has 1 fully saturated rings. The van der Waals surface area contributed by atoms with Gasteiger partial charge in [0, 0.05) is 24.2 Å². The topological polar surface area (TPSA) is 73.9 Å². The van der Waals surface area contributed by atoms with Crippen molar-refractivity contribution in [2.24, 2.45) is 0 Å². The van der Waals surface area contributed by atoms with Crippen molar-refractivity contribution in [3.8, 4) is 11.3 Å². The zero-order valence-electron chi connectivity index (χ0n) is 12.6. The first-order valence-corrected chi connectivity index (χ1v) is 7.72. The first kappa shape index (κ1) is 14.2. The first-order chi connectivity index (χ1) is 11.3. The average molecular weight is 310 g/mol. The second-order valence-electron chi connectivity index (χ2n) is 5.85. The quantitative estimate of drug-likeness (QED) is 0.763. The number of β-amino-alcohol motifs (C(OH)–C–C–N with tert-alkyl or cyclic N) is 1. The number of rotatable bonds is 3. The minimum atomic E-state index is -0.439. The van der Waals surface area contributed by atoms with Crippen molar-refractivity contribution in [2.45, 2.75) is 18.6 Å². The van der Waals surface area contributed by atoms with E-state index in [1.165, 1.54) is 0 Å². The van der Waals surface area contributed by atoms with Crippen LogP contribution in [0.15, 0.2) is 48.7 Å². The predicted octanol–water partition coefficient (Wildman–Crippen LogP) is 1.33. The van der Waals surface area contributed by atoms with E-state index in [4.69, 9.17) is 0 Å². The third kappa shape index (κ3) is 2.46. The number of aliphatic hydroxyl groups is 2. The van der Waals surface area contributed by atoms with Crippen molar-refractivity contribution in [3.63, 3.8) is 0 Å². The van der Waals surface area contributed by atoms with E-state index in [0.717, 1.165) is 22.7 Å². The molecule has 0 bridgehead atoms. The largest absolute Gasteiger partial charge is 0.394 e. The van der Waals surface area contributed by atoms with Gasteiger partial charge in [-0.3, -0.25) is 0 Å². The van der Waals surface area contributed by atoms with E-state index in [0.29, 0.717) is 13.0 Å². The van der Waals surface area contributed by atoms with Crippen molar-refractivity contribution in [2.75, 3.05) is 18.1 Å². The molecule has 0 radical (unpaired) electrons. The van der Waals surface area contributed by atoms with Crippen molar-refractivity contribution in [3.05, 3.63) is 48.7 Å². The van der Waals surface area contributed by atoms with Gasteiger partial charge in [0.25, 0.3) is 0 Å². The van der Waals surface area contributed by atoms with E-state index in [1.807, 2.05) is 47.4 Å². The lowest BCUT2D eigenvalue weighted by Crippen LogP contribution is -2.34. The molecule has 0 spiro atoms. The van der Waals surface area contributed by atoms with Gasteiger partial charge in [-0.15, -0.1) is 0 Å². The van der Waals surface area contributed by atoms with Gasteiger partial charge < -0.3 is 15.1 Å². The number of aliphatic hydroxyl groups excluding tert-OH is 2. The molecular formula is C17H18N4O2. The predicted molar refractivity (Wildman–Crippen MR) is 87.3 cm³/mol. The van der Waals surface area contributed by atoms with E-state index in [2.05, 4.69) is 10.1 Å². The third-order valence-electron chi connectivity index (χ3n) is 4.31. The number of anilines is 1. The van der Waals surface area contributed by atoms with Gasteiger partial charge in [-0.05, 0) is 6.42 Å². The van der Waals surface area contributed by atoms with Crippen LogP contribution in [0, 0.1) is 0 Å². The average Bonchev–Trinajstić information content (AvgIpc) is 3.20. The summed E-state index contributed by atoms with van der Waals surface area (Å²) in [6, 6.07) is 13.7. The molecule has 23 heavy (non-hydrogen) atoms. The van der Waals surface area contributed by atoms with Gasteiger partial charge >= 0.3 is 0 Å². The van der Waals surface area contributed by atoms with E-state index in [1.54, 1.807) is 10.7 Å². The molecule has 1 aliphatic rings. The molecule has 1 aliphatic heterocycles. The minimum absolute atomic E-state index is 0.00279. The molecule has 6 nitrogen and oxygen atoms in total. The van der Waals surface area contributed by atoms with Gasteiger partial charge in [0.05, 0.1) is 30.6 Å². The number of hydrogen-bond donors (Lipinski definition) is 2. The minimum Gasteiger partial charge on any atom is -0.394 e. The summed E-state index contributed by atoms with van der Waals surface area (Å²) in [4.78, 5) is 6.67. The van der Waals surface area contributed by atoms with E-state index < -0.39 is 6.10 Å². The Hall–Kier alpha value is -2.44. The fraction of sp³-hybridized carbons (Fsp3) is 0.294. The number of benzene rings is 1. The standard InChI is InChI=1S/C17H18N4O2/c22-11-13-8-14(23)10-20(13)17-9-15(12-4-2-1-3-5-12)19-16-6-7-18-21(16)17/h1-7,9,13-14,22-23H,8,10-11H2. The van der Waals surface area contributed by atoms with Crippen molar-refractivity contribution >= 4 is 11.5 Å². The lowest BCUT2D eigenvalue weighted by molar-refractivity contribution is 0.184. The Morgan fingerprint density at radius 3 is 2.78 bits per heavy atom. The van der Waals surface area contributed by atoms with E-state index in [9.17, 15) is 10.2 Å². The van der Waals surface area contributed by atoms with Crippen LogP contribution in [0.25, 0.3) is 16.9 Å². The number of aromatic nitrogens is 3. The summed E-state index contributed by atoms with van der Waals surface area (Å²) in [6.07, 6.45) is 1.83. The van der Waals surface area contributed by atoms with Gasteiger partial charge in [-0.1, -0.05) is 30.3 Å². The second-order valence-corrected chi connectivity index (χ2v) is 5.85. The highest BCUT2D eigenvalue weighted by Crippen LogP contribution is 2.29. The van der Waals surface area contributed by atoms with E-state index in [-0.39, 0.29) is 12.6 Å². The van der Waals surface area contributed by atoms with Crippen molar-refractivity contribution in [1.82, 2.24) is 14.6 Å². The lowest BCUT2D eigenvalue weighted by Gasteiger charge is -2.25. The van der Waals surface area contributed by atoms with Gasteiger partial charge in [-0.25, -0.2) is 4.98 Å².